The van der Waals surface area contributed by atoms with Crippen LogP contribution in [-0.2, 0) is 13.0 Å². The molecular formula is C14H15N7O. The van der Waals surface area contributed by atoms with Crippen LogP contribution in [0.1, 0.15) is 22.9 Å². The number of rotatable bonds is 1. The van der Waals surface area contributed by atoms with Gasteiger partial charge in [0.2, 0.25) is 0 Å². The molecule has 0 amide bonds. The van der Waals surface area contributed by atoms with Crippen LogP contribution in [0.2, 0.25) is 0 Å². The fraction of sp³-hybridized carbons (Fsp3) is 0.357. The predicted molar refractivity (Wildman–Crippen MR) is 79.9 cm³/mol. The van der Waals surface area contributed by atoms with E-state index < -0.39 is 0 Å². The molecule has 0 saturated carbocycles. The first-order valence-electron chi connectivity index (χ1n) is 7.14. The first kappa shape index (κ1) is 12.9. The van der Waals surface area contributed by atoms with Crippen molar-refractivity contribution >= 4 is 11.5 Å². The van der Waals surface area contributed by atoms with Gasteiger partial charge in [0.05, 0.1) is 17.8 Å². The minimum Gasteiger partial charge on any atom is -0.350 e. The molecular weight excluding hydrogens is 282 g/mol. The van der Waals surface area contributed by atoms with Crippen LogP contribution in [0.5, 0.6) is 0 Å². The summed E-state index contributed by atoms with van der Waals surface area (Å²) in [4.78, 5) is 21.4. The van der Waals surface area contributed by atoms with E-state index in [2.05, 4.69) is 30.2 Å². The molecule has 4 heterocycles. The molecule has 112 valence electrons. The van der Waals surface area contributed by atoms with Crippen molar-refractivity contribution in [2.24, 2.45) is 0 Å². The molecule has 0 aromatic carbocycles. The SMILES string of the molecule is Cc1nc2c(c(=O)[nH]1)CN(c1ccc3nnc(C)n3n1)CC2. The standard InChI is InChI=1S/C14H15N7O/c1-8-15-11-5-6-20(7-10(11)14(22)16-8)13-4-3-12-18-17-9(2)21(12)19-13/h3-4H,5-7H2,1-2H3,(H,15,16,22). The van der Waals surface area contributed by atoms with E-state index in [1.54, 1.807) is 11.4 Å². The summed E-state index contributed by atoms with van der Waals surface area (Å²) in [5, 5.41) is 12.6. The Kier molecular flexibility index (Phi) is 2.72. The molecule has 22 heavy (non-hydrogen) atoms. The van der Waals surface area contributed by atoms with E-state index in [4.69, 9.17) is 0 Å². The predicted octanol–water partition coefficient (Wildman–Crippen LogP) is 0.387. The van der Waals surface area contributed by atoms with Crippen molar-refractivity contribution < 1.29 is 0 Å². The molecule has 3 aromatic heterocycles. The maximum atomic E-state index is 12.1. The Morgan fingerprint density at radius 3 is 2.95 bits per heavy atom. The molecule has 8 heteroatoms. The molecule has 0 unspecified atom stereocenters. The van der Waals surface area contributed by atoms with Crippen molar-refractivity contribution in [2.75, 3.05) is 11.4 Å². The number of nitrogens with zero attached hydrogens (tertiary/aromatic N) is 6. The Hall–Kier alpha value is -2.77. The van der Waals surface area contributed by atoms with E-state index in [0.29, 0.717) is 18.0 Å². The van der Waals surface area contributed by atoms with E-state index in [-0.39, 0.29) is 5.56 Å². The van der Waals surface area contributed by atoms with Crippen LogP contribution in [0.15, 0.2) is 16.9 Å². The van der Waals surface area contributed by atoms with Crippen LogP contribution < -0.4 is 10.5 Å². The summed E-state index contributed by atoms with van der Waals surface area (Å²) in [5.74, 6) is 2.21. The van der Waals surface area contributed by atoms with Crippen molar-refractivity contribution in [3.63, 3.8) is 0 Å². The van der Waals surface area contributed by atoms with Gasteiger partial charge >= 0.3 is 0 Å². The van der Waals surface area contributed by atoms with E-state index in [1.807, 2.05) is 19.1 Å². The van der Waals surface area contributed by atoms with Crippen molar-refractivity contribution in [1.82, 2.24) is 29.8 Å². The number of aromatic amines is 1. The first-order chi connectivity index (χ1) is 10.6. The second kappa shape index (κ2) is 4.62. The third-order valence-corrected chi connectivity index (χ3v) is 3.92. The largest absolute Gasteiger partial charge is 0.350 e. The van der Waals surface area contributed by atoms with Gasteiger partial charge in [-0.05, 0) is 26.0 Å². The third-order valence-electron chi connectivity index (χ3n) is 3.92. The normalized spacial score (nSPS) is 14.4. The van der Waals surface area contributed by atoms with Gasteiger partial charge in [-0.2, -0.15) is 4.52 Å². The lowest BCUT2D eigenvalue weighted by Gasteiger charge is -2.28. The van der Waals surface area contributed by atoms with Gasteiger partial charge in [-0.15, -0.1) is 15.3 Å². The summed E-state index contributed by atoms with van der Waals surface area (Å²) in [6, 6.07) is 3.79. The summed E-state index contributed by atoms with van der Waals surface area (Å²) in [6.07, 6.45) is 0.737. The molecule has 3 aromatic rings. The highest BCUT2D eigenvalue weighted by Gasteiger charge is 2.22. The minimum atomic E-state index is -0.0613. The fourth-order valence-electron chi connectivity index (χ4n) is 2.80. The van der Waals surface area contributed by atoms with Crippen LogP contribution in [0, 0.1) is 13.8 Å². The Labute approximate surface area is 125 Å². The molecule has 1 aliphatic heterocycles. The van der Waals surface area contributed by atoms with E-state index in [1.165, 1.54) is 0 Å². The quantitative estimate of drug-likeness (QED) is 0.698. The molecule has 0 spiro atoms. The van der Waals surface area contributed by atoms with E-state index in [0.717, 1.165) is 35.9 Å². The highest BCUT2D eigenvalue weighted by atomic mass is 16.1. The minimum absolute atomic E-state index is 0.0613. The molecule has 0 radical (unpaired) electrons. The maximum absolute atomic E-state index is 12.1. The molecule has 0 saturated heterocycles. The van der Waals surface area contributed by atoms with Crippen LogP contribution in [0.4, 0.5) is 5.82 Å². The fourth-order valence-corrected chi connectivity index (χ4v) is 2.80. The summed E-state index contributed by atoms with van der Waals surface area (Å²) in [7, 11) is 0. The van der Waals surface area contributed by atoms with E-state index in [9.17, 15) is 4.79 Å². The third kappa shape index (κ3) is 1.95. The molecule has 1 aliphatic rings. The van der Waals surface area contributed by atoms with Crippen molar-refractivity contribution in [3.8, 4) is 0 Å². The zero-order valence-corrected chi connectivity index (χ0v) is 12.4. The van der Waals surface area contributed by atoms with Gasteiger partial charge < -0.3 is 9.88 Å². The number of aromatic nitrogens is 6. The van der Waals surface area contributed by atoms with Crippen LogP contribution in [0.3, 0.4) is 0 Å². The van der Waals surface area contributed by atoms with Crippen LogP contribution >= 0.6 is 0 Å². The van der Waals surface area contributed by atoms with Gasteiger partial charge in [-0.1, -0.05) is 0 Å². The lowest BCUT2D eigenvalue weighted by molar-refractivity contribution is 0.673. The van der Waals surface area contributed by atoms with Crippen molar-refractivity contribution in [2.45, 2.75) is 26.8 Å². The molecule has 4 rings (SSSR count). The number of aryl methyl sites for hydroxylation is 2. The van der Waals surface area contributed by atoms with Gasteiger partial charge in [0, 0.05) is 13.0 Å². The lowest BCUT2D eigenvalue weighted by atomic mass is 10.1. The lowest BCUT2D eigenvalue weighted by Crippen LogP contribution is -2.36. The highest BCUT2D eigenvalue weighted by Crippen LogP contribution is 2.20. The molecule has 0 bridgehead atoms. The molecule has 0 aliphatic carbocycles. The maximum Gasteiger partial charge on any atom is 0.256 e. The topological polar surface area (TPSA) is 92.1 Å². The molecule has 8 nitrogen and oxygen atoms in total. The van der Waals surface area contributed by atoms with Crippen LogP contribution in [0.25, 0.3) is 5.65 Å². The Morgan fingerprint density at radius 2 is 2.09 bits per heavy atom. The average molecular weight is 297 g/mol. The summed E-state index contributed by atoms with van der Waals surface area (Å²) in [6.45, 7) is 4.96. The Balaban J connectivity index is 1.74. The number of hydrogen-bond acceptors (Lipinski definition) is 6. The second-order valence-corrected chi connectivity index (χ2v) is 5.46. The molecule has 0 fully saturated rings. The number of nitrogens with one attached hydrogen (secondary N) is 1. The van der Waals surface area contributed by atoms with Gasteiger partial charge in [-0.3, -0.25) is 4.79 Å². The summed E-state index contributed by atoms with van der Waals surface area (Å²) in [5.41, 5.74) is 2.26. The van der Waals surface area contributed by atoms with Gasteiger partial charge in [0.15, 0.2) is 11.5 Å². The Morgan fingerprint density at radius 1 is 1.23 bits per heavy atom. The van der Waals surface area contributed by atoms with Gasteiger partial charge in [0.25, 0.3) is 5.56 Å². The van der Waals surface area contributed by atoms with Gasteiger partial charge in [0.1, 0.15) is 11.6 Å². The number of H-pyrrole nitrogens is 1. The average Bonchev–Trinajstić information content (AvgIpc) is 2.88. The smallest absolute Gasteiger partial charge is 0.256 e. The van der Waals surface area contributed by atoms with Crippen LogP contribution in [-0.4, -0.2) is 36.3 Å². The number of hydrogen-bond donors (Lipinski definition) is 1. The summed E-state index contributed by atoms with van der Waals surface area (Å²) >= 11 is 0. The molecule has 0 atom stereocenters. The zero-order valence-electron chi connectivity index (χ0n) is 12.4. The zero-order chi connectivity index (χ0) is 15.3. The molecule has 1 N–H and O–H groups in total. The van der Waals surface area contributed by atoms with E-state index >= 15 is 0 Å². The monoisotopic (exact) mass is 297 g/mol. The Bertz CT molecular complexity index is 927. The number of fused-ring (bicyclic) bond motifs is 2. The second-order valence-electron chi connectivity index (χ2n) is 5.46. The highest BCUT2D eigenvalue weighted by molar-refractivity contribution is 5.47. The van der Waals surface area contributed by atoms with Crippen molar-refractivity contribution in [3.05, 3.63) is 45.4 Å². The van der Waals surface area contributed by atoms with Crippen molar-refractivity contribution in [1.29, 1.82) is 0 Å². The first-order valence-corrected chi connectivity index (χ1v) is 7.14. The summed E-state index contributed by atoms with van der Waals surface area (Å²) < 4.78 is 1.71. The number of anilines is 1. The van der Waals surface area contributed by atoms with Gasteiger partial charge in [-0.25, -0.2) is 4.98 Å².